The molecule has 1 amide bonds. The average molecular weight is 555 g/mol. The SMILES string of the molecule is CCCCN1C(=O)[C@]2(O[C@@H](c3ccc(C)cc3)N(c3ccc(C)cc3)C(C(=O)OC)=C2C(=O)OC)c2ccccc21. The van der Waals surface area contributed by atoms with Crippen LogP contribution in [0.2, 0.25) is 0 Å². The van der Waals surface area contributed by atoms with Gasteiger partial charge in [0.1, 0.15) is 11.3 Å². The lowest BCUT2D eigenvalue weighted by Gasteiger charge is -2.46. The highest BCUT2D eigenvalue weighted by molar-refractivity contribution is 6.17. The third-order valence-corrected chi connectivity index (χ3v) is 7.65. The van der Waals surface area contributed by atoms with Gasteiger partial charge in [0.05, 0.1) is 19.9 Å². The number of ether oxygens (including phenoxy) is 3. The highest BCUT2D eigenvalue weighted by Gasteiger charge is 2.63. The highest BCUT2D eigenvalue weighted by atomic mass is 16.6. The Balaban J connectivity index is 1.89. The molecule has 0 bridgehead atoms. The molecule has 2 aliphatic rings. The Morgan fingerprint density at radius 3 is 2.10 bits per heavy atom. The second-order valence-electron chi connectivity index (χ2n) is 10.3. The van der Waals surface area contributed by atoms with Crippen molar-refractivity contribution in [3.63, 3.8) is 0 Å². The lowest BCUT2D eigenvalue weighted by Crippen LogP contribution is -2.55. The zero-order valence-electron chi connectivity index (χ0n) is 24.0. The van der Waals surface area contributed by atoms with Gasteiger partial charge in [-0.25, -0.2) is 9.59 Å². The Labute approximate surface area is 240 Å². The Kier molecular flexibility index (Phi) is 7.69. The van der Waals surface area contributed by atoms with Crippen LogP contribution in [0.4, 0.5) is 11.4 Å². The standard InChI is InChI=1S/C33H34N2O6/c1-6-7-20-34-26-11-9-8-10-25(26)33(32(34)38)27(30(36)39-4)28(31(37)40-5)35(24-18-14-22(3)15-19-24)29(41-33)23-16-12-21(2)13-17-23/h8-19,29H,6-7,20H2,1-5H3/t29-,33-/m0/s1. The minimum atomic E-state index is -1.95. The van der Waals surface area contributed by atoms with Crippen LogP contribution in [0.25, 0.3) is 0 Å². The molecule has 2 heterocycles. The van der Waals surface area contributed by atoms with E-state index in [1.54, 1.807) is 21.9 Å². The maximum Gasteiger partial charge on any atom is 0.355 e. The number of amides is 1. The van der Waals surface area contributed by atoms with E-state index in [-0.39, 0.29) is 11.3 Å². The fraction of sp³-hybridized carbons (Fsp3) is 0.303. The van der Waals surface area contributed by atoms with E-state index >= 15 is 0 Å². The third-order valence-electron chi connectivity index (χ3n) is 7.65. The van der Waals surface area contributed by atoms with E-state index in [4.69, 9.17) is 14.2 Å². The van der Waals surface area contributed by atoms with Crippen molar-refractivity contribution in [3.8, 4) is 0 Å². The lowest BCUT2D eigenvalue weighted by molar-refractivity contribution is -0.159. The first-order valence-electron chi connectivity index (χ1n) is 13.7. The van der Waals surface area contributed by atoms with Crippen LogP contribution < -0.4 is 9.80 Å². The molecular weight excluding hydrogens is 520 g/mol. The normalized spacial score (nSPS) is 19.9. The lowest BCUT2D eigenvalue weighted by atomic mass is 9.82. The van der Waals surface area contributed by atoms with Gasteiger partial charge < -0.3 is 24.0 Å². The molecule has 0 fully saturated rings. The zero-order valence-corrected chi connectivity index (χ0v) is 24.0. The van der Waals surface area contributed by atoms with Gasteiger partial charge >= 0.3 is 11.9 Å². The topological polar surface area (TPSA) is 85.4 Å². The molecule has 1 spiro atoms. The summed E-state index contributed by atoms with van der Waals surface area (Å²) in [5, 5.41) is 0. The second-order valence-corrected chi connectivity index (χ2v) is 10.3. The van der Waals surface area contributed by atoms with E-state index in [1.807, 2.05) is 81.4 Å². The molecule has 3 aromatic rings. The van der Waals surface area contributed by atoms with Crippen molar-refractivity contribution in [2.75, 3.05) is 30.6 Å². The van der Waals surface area contributed by atoms with Gasteiger partial charge in [0.25, 0.3) is 5.91 Å². The van der Waals surface area contributed by atoms with E-state index in [2.05, 4.69) is 0 Å². The molecular formula is C33H34N2O6. The molecule has 0 saturated heterocycles. The quantitative estimate of drug-likeness (QED) is 0.358. The highest BCUT2D eigenvalue weighted by Crippen LogP contribution is 2.55. The number of fused-ring (bicyclic) bond motifs is 2. The summed E-state index contributed by atoms with van der Waals surface area (Å²) in [6.45, 7) is 6.40. The number of carbonyl (C=O) groups excluding carboxylic acids is 3. The number of para-hydroxylation sites is 1. The molecule has 3 aromatic carbocycles. The van der Waals surface area contributed by atoms with Crippen LogP contribution in [0.3, 0.4) is 0 Å². The number of methoxy groups -OCH3 is 2. The van der Waals surface area contributed by atoms with Crippen LogP contribution in [-0.2, 0) is 34.2 Å². The van der Waals surface area contributed by atoms with E-state index in [0.29, 0.717) is 29.0 Å². The smallest absolute Gasteiger partial charge is 0.355 e. The molecule has 8 nitrogen and oxygen atoms in total. The van der Waals surface area contributed by atoms with Crippen molar-refractivity contribution in [2.45, 2.75) is 45.4 Å². The molecule has 5 rings (SSSR count). The second kappa shape index (κ2) is 11.2. The number of hydrogen-bond acceptors (Lipinski definition) is 7. The molecule has 0 aromatic heterocycles. The number of esters is 2. The van der Waals surface area contributed by atoms with Crippen molar-refractivity contribution in [1.82, 2.24) is 0 Å². The Hall–Kier alpha value is -4.43. The monoisotopic (exact) mass is 554 g/mol. The molecule has 0 unspecified atom stereocenters. The maximum atomic E-state index is 14.6. The number of unbranched alkanes of at least 4 members (excludes halogenated alkanes) is 1. The van der Waals surface area contributed by atoms with Crippen LogP contribution >= 0.6 is 0 Å². The summed E-state index contributed by atoms with van der Waals surface area (Å²) in [5.74, 6) is -2.09. The van der Waals surface area contributed by atoms with Gasteiger partial charge in [-0.3, -0.25) is 4.79 Å². The number of benzene rings is 3. The molecule has 2 atom stereocenters. The predicted molar refractivity (Wildman–Crippen MR) is 155 cm³/mol. The minimum absolute atomic E-state index is 0.111. The first-order valence-corrected chi connectivity index (χ1v) is 13.7. The summed E-state index contributed by atoms with van der Waals surface area (Å²) in [4.78, 5) is 45.5. The Bertz CT molecular complexity index is 1510. The predicted octanol–water partition coefficient (Wildman–Crippen LogP) is 5.48. The summed E-state index contributed by atoms with van der Waals surface area (Å²) in [6.07, 6.45) is 0.637. The number of carbonyl (C=O) groups is 3. The fourth-order valence-electron chi connectivity index (χ4n) is 5.56. The summed E-state index contributed by atoms with van der Waals surface area (Å²) in [7, 11) is 2.47. The van der Waals surface area contributed by atoms with Gasteiger partial charge in [-0.2, -0.15) is 0 Å². The van der Waals surface area contributed by atoms with E-state index < -0.39 is 29.7 Å². The minimum Gasteiger partial charge on any atom is -0.465 e. The van der Waals surface area contributed by atoms with Crippen LogP contribution in [0, 0.1) is 13.8 Å². The molecule has 0 N–H and O–H groups in total. The number of nitrogens with zero attached hydrogens (tertiary/aromatic N) is 2. The third kappa shape index (κ3) is 4.58. The van der Waals surface area contributed by atoms with Gasteiger partial charge in [0, 0.05) is 23.4 Å². The first kappa shape index (κ1) is 28.1. The molecule has 8 heteroatoms. The van der Waals surface area contributed by atoms with Crippen LogP contribution in [0.15, 0.2) is 84.1 Å². The van der Waals surface area contributed by atoms with Crippen LogP contribution in [0.1, 0.15) is 48.2 Å². The van der Waals surface area contributed by atoms with Crippen molar-refractivity contribution >= 4 is 29.2 Å². The van der Waals surface area contributed by atoms with Gasteiger partial charge in [0.2, 0.25) is 5.60 Å². The van der Waals surface area contributed by atoms with Crippen molar-refractivity contribution in [3.05, 3.63) is 106 Å². The molecule has 0 saturated carbocycles. The summed E-state index contributed by atoms with van der Waals surface area (Å²) < 4.78 is 17.5. The molecule has 2 aliphatic heterocycles. The van der Waals surface area contributed by atoms with Gasteiger partial charge in [-0.05, 0) is 38.5 Å². The first-order chi connectivity index (χ1) is 19.8. The van der Waals surface area contributed by atoms with Crippen molar-refractivity contribution < 1.29 is 28.6 Å². The number of aryl methyl sites for hydroxylation is 2. The van der Waals surface area contributed by atoms with Gasteiger partial charge in [-0.1, -0.05) is 79.1 Å². The van der Waals surface area contributed by atoms with E-state index in [9.17, 15) is 14.4 Å². The number of anilines is 2. The van der Waals surface area contributed by atoms with Crippen LogP contribution in [-0.4, -0.2) is 38.6 Å². The number of hydrogen-bond donors (Lipinski definition) is 0. The van der Waals surface area contributed by atoms with E-state index in [1.165, 1.54) is 14.2 Å². The van der Waals surface area contributed by atoms with Crippen molar-refractivity contribution in [2.24, 2.45) is 0 Å². The van der Waals surface area contributed by atoms with E-state index in [0.717, 1.165) is 24.0 Å². The Morgan fingerprint density at radius 2 is 1.49 bits per heavy atom. The zero-order chi connectivity index (χ0) is 29.3. The largest absolute Gasteiger partial charge is 0.465 e. The van der Waals surface area contributed by atoms with Gasteiger partial charge in [0.15, 0.2) is 6.23 Å². The van der Waals surface area contributed by atoms with Crippen LogP contribution in [0.5, 0.6) is 0 Å². The molecule has 41 heavy (non-hydrogen) atoms. The molecule has 212 valence electrons. The summed E-state index contributed by atoms with van der Waals surface area (Å²) in [5.41, 5.74) is 2.15. The number of rotatable bonds is 7. The summed E-state index contributed by atoms with van der Waals surface area (Å²) >= 11 is 0. The molecule has 0 radical (unpaired) electrons. The Morgan fingerprint density at radius 1 is 0.878 bits per heavy atom. The maximum absolute atomic E-state index is 14.6. The van der Waals surface area contributed by atoms with Gasteiger partial charge in [-0.15, -0.1) is 0 Å². The fourth-order valence-corrected chi connectivity index (χ4v) is 5.56. The van der Waals surface area contributed by atoms with Crippen molar-refractivity contribution in [1.29, 1.82) is 0 Å². The molecule has 0 aliphatic carbocycles. The summed E-state index contributed by atoms with van der Waals surface area (Å²) in [6, 6.07) is 22.4. The average Bonchev–Trinajstić information content (AvgIpc) is 3.22.